The summed E-state index contributed by atoms with van der Waals surface area (Å²) in [6.07, 6.45) is 3.46. The lowest BCUT2D eigenvalue weighted by atomic mass is 10.2. The summed E-state index contributed by atoms with van der Waals surface area (Å²) >= 11 is 4.20. The maximum Gasteiger partial charge on any atom is -0.00116 e. The lowest BCUT2D eigenvalue weighted by Gasteiger charge is -1.98. The van der Waals surface area contributed by atoms with E-state index in [1.807, 2.05) is 0 Å². The second-order valence-electron chi connectivity index (χ2n) is 1.84. The van der Waals surface area contributed by atoms with Crippen molar-refractivity contribution in [3.63, 3.8) is 0 Å². The van der Waals surface area contributed by atoms with Crippen molar-refractivity contribution in [2.45, 2.75) is 31.4 Å². The molecule has 0 aromatic heterocycles. The van der Waals surface area contributed by atoms with Gasteiger partial charge in [0, 0.05) is 0 Å². The van der Waals surface area contributed by atoms with E-state index in [2.05, 4.69) is 26.5 Å². The van der Waals surface area contributed by atoms with Gasteiger partial charge < -0.3 is 0 Å². The third kappa shape index (κ3) is 6.35. The topological polar surface area (TPSA) is 0 Å². The Kier molecular flexibility index (Phi) is 4.73. The third-order valence-electron chi connectivity index (χ3n) is 0.872. The van der Waals surface area contributed by atoms with E-state index in [0.29, 0.717) is 5.25 Å². The lowest BCUT2D eigenvalue weighted by molar-refractivity contribution is 0.744. The van der Waals surface area contributed by atoms with E-state index in [-0.39, 0.29) is 0 Å². The Balaban J connectivity index is 2.68. The van der Waals surface area contributed by atoms with Crippen LogP contribution < -0.4 is 0 Å². The molecule has 0 amide bonds. The van der Waals surface area contributed by atoms with Gasteiger partial charge in [-0.05, 0) is 11.7 Å². The fraction of sp³-hybridized carbons (Fsp3) is 0.833. The molecule has 0 aromatic rings. The maximum atomic E-state index is 4.20. The third-order valence-corrected chi connectivity index (χ3v) is 1.13. The normalized spacial score (nSPS) is 14.1. The maximum absolute atomic E-state index is 4.20. The van der Waals surface area contributed by atoms with Crippen LogP contribution in [0.1, 0.15) is 26.2 Å². The first-order valence-corrected chi connectivity index (χ1v) is 3.26. The summed E-state index contributed by atoms with van der Waals surface area (Å²) < 4.78 is 0. The smallest absolute Gasteiger partial charge is 0.00116 e. The summed E-state index contributed by atoms with van der Waals surface area (Å²) in [4.78, 5) is 0. The van der Waals surface area contributed by atoms with E-state index >= 15 is 0 Å². The van der Waals surface area contributed by atoms with Crippen LogP contribution in [0.4, 0.5) is 0 Å². The first-order chi connectivity index (χ1) is 3.27. The van der Waals surface area contributed by atoms with E-state index in [1.165, 1.54) is 12.8 Å². The van der Waals surface area contributed by atoms with Gasteiger partial charge >= 0.3 is 0 Å². The SMILES string of the molecule is [CH2]CCCC(C)S. The summed E-state index contributed by atoms with van der Waals surface area (Å²) in [6, 6.07) is 0. The Hall–Kier alpha value is 0.350. The first-order valence-electron chi connectivity index (χ1n) is 2.74. The quantitative estimate of drug-likeness (QED) is 0.539. The minimum Gasteiger partial charge on any atom is -0.176 e. The van der Waals surface area contributed by atoms with Crippen molar-refractivity contribution < 1.29 is 0 Å². The minimum absolute atomic E-state index is 0.557. The van der Waals surface area contributed by atoms with E-state index in [9.17, 15) is 0 Å². The van der Waals surface area contributed by atoms with Crippen molar-refractivity contribution in [2.75, 3.05) is 0 Å². The van der Waals surface area contributed by atoms with Gasteiger partial charge in [0.1, 0.15) is 0 Å². The van der Waals surface area contributed by atoms with Gasteiger partial charge in [0.05, 0.1) is 0 Å². The van der Waals surface area contributed by atoms with Gasteiger partial charge in [0.25, 0.3) is 0 Å². The molecular formula is C6H13S. The van der Waals surface area contributed by atoms with Crippen LogP contribution in [0, 0.1) is 6.92 Å². The van der Waals surface area contributed by atoms with E-state index in [0.717, 1.165) is 6.42 Å². The Morgan fingerprint density at radius 2 is 2.29 bits per heavy atom. The molecule has 0 aromatic carbocycles. The molecule has 7 heavy (non-hydrogen) atoms. The Morgan fingerprint density at radius 3 is 2.43 bits per heavy atom. The molecule has 0 aliphatic rings. The number of thiol groups is 1. The second kappa shape index (κ2) is 4.51. The molecule has 0 heterocycles. The summed E-state index contributed by atoms with van der Waals surface area (Å²) in [5.41, 5.74) is 0. The predicted molar refractivity (Wildman–Crippen MR) is 37.7 cm³/mol. The molecule has 1 atom stereocenters. The van der Waals surface area contributed by atoms with Crippen LogP contribution in [0.25, 0.3) is 0 Å². The van der Waals surface area contributed by atoms with Crippen molar-refractivity contribution in [3.05, 3.63) is 6.92 Å². The van der Waals surface area contributed by atoms with Crippen LogP contribution in [-0.2, 0) is 0 Å². The van der Waals surface area contributed by atoms with Gasteiger partial charge in [0.2, 0.25) is 0 Å². The van der Waals surface area contributed by atoms with Crippen LogP contribution in [0.3, 0.4) is 0 Å². The molecule has 0 N–H and O–H groups in total. The lowest BCUT2D eigenvalue weighted by Crippen LogP contribution is -1.87. The van der Waals surface area contributed by atoms with E-state index < -0.39 is 0 Å². The average Bonchev–Trinajstić information content (AvgIpc) is 1.61. The van der Waals surface area contributed by atoms with Gasteiger partial charge in [-0.15, -0.1) is 0 Å². The van der Waals surface area contributed by atoms with Crippen molar-refractivity contribution >= 4 is 12.6 Å². The molecule has 0 spiro atoms. The van der Waals surface area contributed by atoms with Crippen LogP contribution in [-0.4, -0.2) is 5.25 Å². The largest absolute Gasteiger partial charge is 0.176 e. The van der Waals surface area contributed by atoms with Crippen molar-refractivity contribution in [2.24, 2.45) is 0 Å². The molecule has 43 valence electrons. The average molecular weight is 117 g/mol. The van der Waals surface area contributed by atoms with Gasteiger partial charge in [0.15, 0.2) is 0 Å². The number of rotatable bonds is 3. The highest BCUT2D eigenvalue weighted by atomic mass is 32.1. The molecule has 0 fully saturated rings. The summed E-state index contributed by atoms with van der Waals surface area (Å²) in [6.45, 7) is 5.83. The minimum atomic E-state index is 0.557. The highest BCUT2D eigenvalue weighted by molar-refractivity contribution is 7.80. The number of unbranched alkanes of at least 4 members (excludes halogenated alkanes) is 1. The van der Waals surface area contributed by atoms with Gasteiger partial charge in [-0.25, -0.2) is 0 Å². The number of hydrogen-bond acceptors (Lipinski definition) is 1. The Labute approximate surface area is 51.7 Å². The van der Waals surface area contributed by atoms with Crippen LogP contribution >= 0.6 is 12.6 Å². The molecular weight excluding hydrogens is 104 g/mol. The summed E-state index contributed by atoms with van der Waals surface area (Å²) in [7, 11) is 0. The van der Waals surface area contributed by atoms with Crippen molar-refractivity contribution in [1.82, 2.24) is 0 Å². The van der Waals surface area contributed by atoms with E-state index in [4.69, 9.17) is 0 Å². The second-order valence-corrected chi connectivity index (χ2v) is 2.73. The molecule has 1 radical (unpaired) electrons. The Bertz CT molecular complexity index is 33.2. The standard InChI is InChI=1S/C6H13S/c1-3-4-5-6(2)7/h6-7H,1,3-5H2,2H3. The predicted octanol–water partition coefficient (Wildman–Crippen LogP) is 2.31. The molecule has 1 heteroatoms. The first kappa shape index (κ1) is 7.35. The molecule has 0 rings (SSSR count). The van der Waals surface area contributed by atoms with Gasteiger partial charge in [-0.3, -0.25) is 0 Å². The fourth-order valence-corrected chi connectivity index (χ4v) is 0.622. The van der Waals surface area contributed by atoms with Gasteiger partial charge in [-0.2, -0.15) is 12.6 Å². The highest BCUT2D eigenvalue weighted by Gasteiger charge is 1.89. The molecule has 1 unspecified atom stereocenters. The van der Waals surface area contributed by atoms with Crippen LogP contribution in [0.2, 0.25) is 0 Å². The van der Waals surface area contributed by atoms with Crippen LogP contribution in [0.15, 0.2) is 0 Å². The summed E-state index contributed by atoms with van der Waals surface area (Å²) in [5.74, 6) is 0. The molecule has 0 saturated carbocycles. The molecule has 0 saturated heterocycles. The van der Waals surface area contributed by atoms with E-state index in [1.54, 1.807) is 0 Å². The fourth-order valence-electron chi connectivity index (χ4n) is 0.440. The van der Waals surface area contributed by atoms with Crippen molar-refractivity contribution in [1.29, 1.82) is 0 Å². The zero-order valence-electron chi connectivity index (χ0n) is 4.85. The highest BCUT2D eigenvalue weighted by Crippen LogP contribution is 2.03. The molecule has 0 nitrogen and oxygen atoms in total. The van der Waals surface area contributed by atoms with Crippen LogP contribution in [0.5, 0.6) is 0 Å². The molecule has 0 aliphatic heterocycles. The summed E-state index contributed by atoms with van der Waals surface area (Å²) in [5, 5.41) is 0.557. The Morgan fingerprint density at radius 1 is 1.71 bits per heavy atom. The van der Waals surface area contributed by atoms with Gasteiger partial charge in [-0.1, -0.05) is 26.7 Å². The molecule has 0 aliphatic carbocycles. The molecule has 0 bridgehead atoms. The number of hydrogen-bond donors (Lipinski definition) is 1. The zero-order chi connectivity index (χ0) is 5.70. The van der Waals surface area contributed by atoms with Crippen molar-refractivity contribution in [3.8, 4) is 0 Å². The zero-order valence-corrected chi connectivity index (χ0v) is 5.75. The monoisotopic (exact) mass is 117 g/mol.